The molecule has 1 heterocycles. The molecule has 1 aromatic carbocycles. The highest BCUT2D eigenvalue weighted by Gasteiger charge is 2.06. The first-order chi connectivity index (χ1) is 10.8. The fraction of sp³-hybridized carbons (Fsp3) is 0.421. The van der Waals surface area contributed by atoms with Crippen molar-refractivity contribution in [2.75, 3.05) is 13.9 Å². The van der Waals surface area contributed by atoms with Crippen molar-refractivity contribution in [1.82, 2.24) is 4.98 Å². The van der Waals surface area contributed by atoms with Crippen LogP contribution in [0.15, 0.2) is 42.6 Å². The number of rotatable bonds is 7. The number of hydrogen-bond donors (Lipinski definition) is 0. The summed E-state index contributed by atoms with van der Waals surface area (Å²) in [6, 6.07) is 12.5. The number of aryl methyl sites for hydroxylation is 1. The van der Waals surface area contributed by atoms with E-state index in [4.69, 9.17) is 9.47 Å². The smallest absolute Gasteiger partial charge is 0.188 e. The molecule has 0 spiro atoms. The van der Waals surface area contributed by atoms with Gasteiger partial charge in [0.05, 0.1) is 5.69 Å². The Morgan fingerprint density at radius 1 is 1.00 bits per heavy atom. The van der Waals surface area contributed by atoms with Crippen LogP contribution in [0.3, 0.4) is 0 Å². The predicted octanol–water partition coefficient (Wildman–Crippen LogP) is 4.63. The molecular weight excluding hydrogens is 274 g/mol. The molecule has 0 unspecified atom stereocenters. The van der Waals surface area contributed by atoms with Gasteiger partial charge < -0.3 is 9.47 Å². The number of hydrogen-bond acceptors (Lipinski definition) is 3. The second-order valence-electron chi connectivity index (χ2n) is 4.74. The molecule has 1 aromatic heterocycles. The van der Waals surface area contributed by atoms with Crippen LogP contribution < -0.4 is 4.74 Å². The summed E-state index contributed by atoms with van der Waals surface area (Å²) in [4.78, 5) is 4.41. The van der Waals surface area contributed by atoms with Crippen LogP contribution in [-0.2, 0) is 17.6 Å². The molecule has 0 aliphatic rings. The molecule has 0 saturated carbocycles. The van der Waals surface area contributed by atoms with Gasteiger partial charge in [-0.15, -0.1) is 0 Å². The minimum absolute atomic E-state index is 0.244. The largest absolute Gasteiger partial charge is 0.466 e. The van der Waals surface area contributed by atoms with Crippen molar-refractivity contribution in [2.45, 2.75) is 40.0 Å². The van der Waals surface area contributed by atoms with Crippen LogP contribution in [0.2, 0.25) is 0 Å². The van der Waals surface area contributed by atoms with Crippen molar-refractivity contribution >= 4 is 0 Å². The number of nitrogens with zero attached hydrogens (tertiary/aromatic N) is 1. The zero-order chi connectivity index (χ0) is 16.2. The molecule has 3 heteroatoms. The molecule has 0 saturated heterocycles. The summed E-state index contributed by atoms with van der Waals surface area (Å²) >= 11 is 0. The molecule has 0 atom stereocenters. The van der Waals surface area contributed by atoms with Gasteiger partial charge in [-0.1, -0.05) is 51.5 Å². The Hall–Kier alpha value is -1.87. The van der Waals surface area contributed by atoms with Crippen molar-refractivity contribution in [1.29, 1.82) is 0 Å². The first kappa shape index (κ1) is 18.2. The molecule has 0 radical (unpaired) electrons. The molecule has 0 aliphatic heterocycles. The van der Waals surface area contributed by atoms with Gasteiger partial charge in [0, 0.05) is 19.7 Å². The van der Waals surface area contributed by atoms with Gasteiger partial charge in [0.2, 0.25) is 0 Å². The van der Waals surface area contributed by atoms with Gasteiger partial charge in [0.1, 0.15) is 5.75 Å². The molecule has 3 nitrogen and oxygen atoms in total. The Labute approximate surface area is 134 Å². The lowest BCUT2D eigenvalue weighted by atomic mass is 10.0. The van der Waals surface area contributed by atoms with Crippen LogP contribution in [0, 0.1) is 0 Å². The first-order valence-corrected chi connectivity index (χ1v) is 7.97. The maximum absolute atomic E-state index is 5.54. The third-order valence-electron chi connectivity index (χ3n) is 3.11. The van der Waals surface area contributed by atoms with Crippen LogP contribution >= 0.6 is 0 Å². The molecule has 22 heavy (non-hydrogen) atoms. The zero-order valence-electron chi connectivity index (χ0n) is 14.1. The average molecular weight is 301 g/mol. The lowest BCUT2D eigenvalue weighted by Crippen LogP contribution is -2.03. The number of aromatic nitrogens is 1. The Morgan fingerprint density at radius 3 is 2.32 bits per heavy atom. The zero-order valence-corrected chi connectivity index (χ0v) is 14.1. The summed E-state index contributed by atoms with van der Waals surface area (Å²) in [5.74, 6) is 0.784. The standard InChI is InChI=1S/C17H21NO2.C2H6/c1-3-5-14-7-9-15(10-8-14)12-16-17(20-13-19-2)6-4-11-18-16;1-2/h4,6-11H,3,5,12-13H2,1-2H3;1-2H3. The van der Waals surface area contributed by atoms with Crippen LogP contribution in [0.4, 0.5) is 0 Å². The van der Waals surface area contributed by atoms with Gasteiger partial charge in [-0.2, -0.15) is 0 Å². The summed E-state index contributed by atoms with van der Waals surface area (Å²) in [7, 11) is 1.61. The highest BCUT2D eigenvalue weighted by molar-refractivity contribution is 5.33. The van der Waals surface area contributed by atoms with E-state index in [9.17, 15) is 0 Å². The fourth-order valence-corrected chi connectivity index (χ4v) is 2.12. The summed E-state index contributed by atoms with van der Waals surface area (Å²) < 4.78 is 10.5. The molecule has 0 fully saturated rings. The molecule has 120 valence electrons. The van der Waals surface area contributed by atoms with E-state index < -0.39 is 0 Å². The third-order valence-corrected chi connectivity index (χ3v) is 3.11. The first-order valence-electron chi connectivity index (χ1n) is 7.97. The topological polar surface area (TPSA) is 31.4 Å². The number of ether oxygens (including phenoxy) is 2. The van der Waals surface area contributed by atoms with E-state index in [2.05, 4.69) is 36.2 Å². The molecule has 0 N–H and O–H groups in total. The Morgan fingerprint density at radius 2 is 1.68 bits per heavy atom. The van der Waals surface area contributed by atoms with Crippen LogP contribution in [0.25, 0.3) is 0 Å². The number of benzene rings is 1. The van der Waals surface area contributed by atoms with Crippen molar-refractivity contribution in [3.63, 3.8) is 0 Å². The van der Waals surface area contributed by atoms with E-state index >= 15 is 0 Å². The molecule has 0 aliphatic carbocycles. The Kier molecular flexibility index (Phi) is 8.92. The van der Waals surface area contributed by atoms with Crippen molar-refractivity contribution in [2.24, 2.45) is 0 Å². The van der Waals surface area contributed by atoms with Crippen molar-refractivity contribution in [3.8, 4) is 5.75 Å². The van der Waals surface area contributed by atoms with Gasteiger partial charge in [0.15, 0.2) is 6.79 Å². The highest BCUT2D eigenvalue weighted by Crippen LogP contribution is 2.19. The van der Waals surface area contributed by atoms with Crippen LogP contribution in [-0.4, -0.2) is 18.9 Å². The Bertz CT molecular complexity index is 523. The summed E-state index contributed by atoms with van der Waals surface area (Å²) in [5, 5.41) is 0. The van der Waals surface area contributed by atoms with E-state index in [0.717, 1.165) is 24.3 Å². The minimum Gasteiger partial charge on any atom is -0.466 e. The SMILES string of the molecule is CC.CCCc1ccc(Cc2ncccc2OCOC)cc1. The summed E-state index contributed by atoms with van der Waals surface area (Å²) in [5.41, 5.74) is 3.56. The highest BCUT2D eigenvalue weighted by atomic mass is 16.7. The normalized spacial score (nSPS) is 9.82. The number of methoxy groups -OCH3 is 1. The fourth-order valence-electron chi connectivity index (χ4n) is 2.12. The van der Waals surface area contributed by atoms with Crippen LogP contribution in [0.5, 0.6) is 5.75 Å². The third kappa shape index (κ3) is 5.86. The van der Waals surface area contributed by atoms with Crippen LogP contribution in [0.1, 0.15) is 44.0 Å². The molecular formula is C19H27NO2. The second-order valence-corrected chi connectivity index (χ2v) is 4.74. The lowest BCUT2D eigenvalue weighted by molar-refractivity contribution is 0.0502. The van der Waals surface area contributed by atoms with E-state index in [1.807, 2.05) is 26.0 Å². The summed E-state index contributed by atoms with van der Waals surface area (Å²) in [6.07, 6.45) is 4.87. The van der Waals surface area contributed by atoms with E-state index in [1.165, 1.54) is 17.5 Å². The average Bonchev–Trinajstić information content (AvgIpc) is 2.58. The van der Waals surface area contributed by atoms with Gasteiger partial charge >= 0.3 is 0 Å². The maximum Gasteiger partial charge on any atom is 0.188 e. The van der Waals surface area contributed by atoms with Gasteiger partial charge in [0.25, 0.3) is 0 Å². The minimum atomic E-state index is 0.244. The molecule has 2 rings (SSSR count). The van der Waals surface area contributed by atoms with Crippen molar-refractivity contribution in [3.05, 3.63) is 59.4 Å². The number of pyridine rings is 1. The molecule has 2 aromatic rings. The monoisotopic (exact) mass is 301 g/mol. The van der Waals surface area contributed by atoms with Gasteiger partial charge in [-0.25, -0.2) is 0 Å². The van der Waals surface area contributed by atoms with E-state index in [-0.39, 0.29) is 6.79 Å². The predicted molar refractivity (Wildman–Crippen MR) is 91.3 cm³/mol. The van der Waals surface area contributed by atoms with Crippen molar-refractivity contribution < 1.29 is 9.47 Å². The summed E-state index contributed by atoms with van der Waals surface area (Å²) in [6.45, 7) is 6.44. The van der Waals surface area contributed by atoms with E-state index in [1.54, 1.807) is 13.3 Å². The quantitative estimate of drug-likeness (QED) is 0.698. The second kappa shape index (κ2) is 10.8. The van der Waals surface area contributed by atoms with Gasteiger partial charge in [-0.05, 0) is 29.7 Å². The molecule has 0 bridgehead atoms. The molecule has 0 amide bonds. The van der Waals surface area contributed by atoms with E-state index in [0.29, 0.717) is 0 Å². The Balaban J connectivity index is 0.00000116. The maximum atomic E-state index is 5.54. The lowest BCUT2D eigenvalue weighted by Gasteiger charge is -2.10. The van der Waals surface area contributed by atoms with Gasteiger partial charge in [-0.3, -0.25) is 4.98 Å².